The molecule has 94 valence electrons. The zero-order valence-electron chi connectivity index (χ0n) is 10.0. The number of rotatable bonds is 3. The first-order chi connectivity index (χ1) is 9.29. The van der Waals surface area contributed by atoms with Gasteiger partial charge in [0.25, 0.3) is 0 Å². The maximum atomic E-state index is 11.1. The van der Waals surface area contributed by atoms with E-state index in [9.17, 15) is 4.79 Å². The van der Waals surface area contributed by atoms with E-state index in [0.29, 0.717) is 22.8 Å². The van der Waals surface area contributed by atoms with Crippen LogP contribution in [0.3, 0.4) is 0 Å². The number of aldehydes is 1. The number of carbonyl (C=O) groups excluding carboxylic acids is 1. The molecule has 0 aliphatic carbocycles. The highest BCUT2D eigenvalue weighted by Gasteiger charge is 2.17. The predicted molar refractivity (Wildman–Crippen MR) is 70.4 cm³/mol. The van der Waals surface area contributed by atoms with Crippen LogP contribution in [0.25, 0.3) is 16.4 Å². The molecule has 0 saturated heterocycles. The molecule has 0 fully saturated rings. The summed E-state index contributed by atoms with van der Waals surface area (Å²) in [5.74, 6) is 0. The molecule has 0 amide bonds. The van der Waals surface area contributed by atoms with Gasteiger partial charge in [0.1, 0.15) is 5.69 Å². The third kappa shape index (κ3) is 2.04. The van der Waals surface area contributed by atoms with Crippen molar-refractivity contribution in [1.29, 1.82) is 0 Å². The molecule has 3 aromatic rings. The molecule has 3 heterocycles. The van der Waals surface area contributed by atoms with Crippen molar-refractivity contribution >= 4 is 17.6 Å². The summed E-state index contributed by atoms with van der Waals surface area (Å²) in [6, 6.07) is 3.62. The summed E-state index contributed by atoms with van der Waals surface area (Å²) in [6.07, 6.45) is 4.02. The number of hydrogen-bond donors (Lipinski definition) is 0. The van der Waals surface area contributed by atoms with Crippen LogP contribution in [-0.4, -0.2) is 31.2 Å². The number of hydrogen-bond acceptors (Lipinski definition) is 6. The van der Waals surface area contributed by atoms with E-state index in [1.54, 1.807) is 17.1 Å². The average Bonchev–Trinajstić information content (AvgIpc) is 3.05. The van der Waals surface area contributed by atoms with Crippen molar-refractivity contribution in [3.05, 3.63) is 41.3 Å². The van der Waals surface area contributed by atoms with Crippen molar-refractivity contribution in [3.63, 3.8) is 0 Å². The molecule has 19 heavy (non-hydrogen) atoms. The molecule has 0 bridgehead atoms. The van der Waals surface area contributed by atoms with Gasteiger partial charge in [0.05, 0.1) is 5.69 Å². The third-order valence-corrected chi connectivity index (χ3v) is 3.48. The molecule has 3 rings (SSSR count). The van der Waals surface area contributed by atoms with Gasteiger partial charge in [-0.2, -0.15) is 4.68 Å². The minimum Gasteiger partial charge on any atom is -0.296 e. The van der Waals surface area contributed by atoms with Crippen molar-refractivity contribution in [1.82, 2.24) is 25.0 Å². The highest BCUT2D eigenvalue weighted by atomic mass is 32.1. The van der Waals surface area contributed by atoms with E-state index in [1.165, 1.54) is 11.3 Å². The van der Waals surface area contributed by atoms with Gasteiger partial charge in [0.2, 0.25) is 5.13 Å². The van der Waals surface area contributed by atoms with Gasteiger partial charge >= 0.3 is 0 Å². The largest absolute Gasteiger partial charge is 0.296 e. The van der Waals surface area contributed by atoms with Gasteiger partial charge in [-0.1, -0.05) is 5.21 Å². The Bertz CT molecular complexity index is 719. The van der Waals surface area contributed by atoms with Gasteiger partial charge < -0.3 is 0 Å². The topological polar surface area (TPSA) is 73.6 Å². The van der Waals surface area contributed by atoms with Gasteiger partial charge in [0, 0.05) is 23.3 Å². The fourth-order valence-corrected chi connectivity index (χ4v) is 2.48. The Morgan fingerprint density at radius 3 is 2.74 bits per heavy atom. The normalized spacial score (nSPS) is 10.6. The summed E-state index contributed by atoms with van der Waals surface area (Å²) in [7, 11) is 0. The molecule has 0 unspecified atom stereocenters. The van der Waals surface area contributed by atoms with Crippen LogP contribution < -0.4 is 0 Å². The third-order valence-electron chi connectivity index (χ3n) is 2.55. The zero-order chi connectivity index (χ0) is 13.2. The van der Waals surface area contributed by atoms with Crippen LogP contribution in [0.5, 0.6) is 0 Å². The second-order valence-electron chi connectivity index (χ2n) is 3.86. The Morgan fingerprint density at radius 1 is 1.32 bits per heavy atom. The van der Waals surface area contributed by atoms with Crippen LogP contribution in [0.2, 0.25) is 0 Å². The lowest BCUT2D eigenvalue weighted by Crippen LogP contribution is -1.99. The number of aryl methyl sites for hydroxylation is 1. The number of pyridine rings is 1. The minimum absolute atomic E-state index is 0.291. The van der Waals surface area contributed by atoms with E-state index < -0.39 is 0 Å². The van der Waals surface area contributed by atoms with E-state index in [4.69, 9.17) is 0 Å². The average molecular weight is 271 g/mol. The molecule has 0 aliphatic rings. The van der Waals surface area contributed by atoms with E-state index in [1.807, 2.05) is 24.4 Å². The van der Waals surface area contributed by atoms with Gasteiger partial charge in [-0.3, -0.25) is 9.78 Å². The van der Waals surface area contributed by atoms with Crippen LogP contribution in [0.1, 0.15) is 16.2 Å². The lowest BCUT2D eigenvalue weighted by Gasteiger charge is -2.03. The fraction of sp³-hybridized carbons (Fsp3) is 0.0833. The second-order valence-corrected chi connectivity index (χ2v) is 4.70. The highest BCUT2D eigenvalue weighted by molar-refractivity contribution is 7.12. The lowest BCUT2D eigenvalue weighted by molar-refractivity contribution is 0.111. The standard InChI is InChI=1S/C12H9N5OS/c1-8-7-19-12(14-8)17-11(10(6-18)15-16-17)9-2-4-13-5-3-9/h2-7H,1H3. The number of carbonyl (C=O) groups is 1. The zero-order valence-corrected chi connectivity index (χ0v) is 10.8. The van der Waals surface area contributed by atoms with Crippen LogP contribution in [0, 0.1) is 6.92 Å². The van der Waals surface area contributed by atoms with Crippen LogP contribution in [0.4, 0.5) is 0 Å². The smallest absolute Gasteiger partial charge is 0.212 e. The van der Waals surface area contributed by atoms with E-state index in [2.05, 4.69) is 20.3 Å². The molecule has 0 spiro atoms. The van der Waals surface area contributed by atoms with Gasteiger partial charge in [-0.05, 0) is 19.1 Å². The van der Waals surface area contributed by atoms with Crippen LogP contribution in [0.15, 0.2) is 29.9 Å². The first-order valence-corrected chi connectivity index (χ1v) is 6.41. The van der Waals surface area contributed by atoms with Crippen molar-refractivity contribution in [3.8, 4) is 16.4 Å². The summed E-state index contributed by atoms with van der Waals surface area (Å²) in [6.45, 7) is 1.91. The summed E-state index contributed by atoms with van der Waals surface area (Å²) < 4.78 is 1.58. The SMILES string of the molecule is Cc1csc(-n2nnc(C=O)c2-c2ccncc2)n1. The summed E-state index contributed by atoms with van der Waals surface area (Å²) in [4.78, 5) is 19.4. The van der Waals surface area contributed by atoms with E-state index in [-0.39, 0.29) is 0 Å². The molecular weight excluding hydrogens is 262 g/mol. The molecule has 0 atom stereocenters. The quantitative estimate of drug-likeness (QED) is 0.680. The molecule has 3 aromatic heterocycles. The summed E-state index contributed by atoms with van der Waals surface area (Å²) >= 11 is 1.45. The Labute approximate surface area is 112 Å². The Balaban J connectivity index is 2.22. The van der Waals surface area contributed by atoms with Crippen LogP contribution >= 0.6 is 11.3 Å². The first kappa shape index (κ1) is 11.7. The van der Waals surface area contributed by atoms with Crippen LogP contribution in [-0.2, 0) is 0 Å². The fourth-order valence-electron chi connectivity index (χ4n) is 1.73. The predicted octanol–water partition coefficient (Wildman–Crippen LogP) is 1.91. The van der Waals surface area contributed by atoms with Gasteiger partial charge in [0.15, 0.2) is 12.0 Å². The molecule has 0 aromatic carbocycles. The number of aromatic nitrogens is 5. The molecule has 0 saturated carbocycles. The Hall–Kier alpha value is -2.41. The van der Waals surface area contributed by atoms with Gasteiger partial charge in [-0.15, -0.1) is 16.4 Å². The van der Waals surface area contributed by atoms with Crippen molar-refractivity contribution in [2.75, 3.05) is 0 Å². The second kappa shape index (κ2) is 4.69. The summed E-state index contributed by atoms with van der Waals surface area (Å²) in [5.41, 5.74) is 2.66. The number of nitrogens with zero attached hydrogens (tertiary/aromatic N) is 5. The molecule has 0 radical (unpaired) electrons. The van der Waals surface area contributed by atoms with Gasteiger partial charge in [-0.25, -0.2) is 4.98 Å². The maximum absolute atomic E-state index is 11.1. The van der Waals surface area contributed by atoms with E-state index >= 15 is 0 Å². The first-order valence-electron chi connectivity index (χ1n) is 5.53. The summed E-state index contributed by atoms with van der Waals surface area (Å²) in [5, 5.41) is 10.5. The molecule has 0 N–H and O–H groups in total. The van der Waals surface area contributed by atoms with Crippen molar-refractivity contribution < 1.29 is 4.79 Å². The number of thiazole rings is 1. The van der Waals surface area contributed by atoms with E-state index in [0.717, 1.165) is 11.3 Å². The maximum Gasteiger partial charge on any atom is 0.212 e. The highest BCUT2D eigenvalue weighted by Crippen LogP contribution is 2.25. The Kier molecular flexibility index (Phi) is 2.88. The molecular formula is C12H9N5OS. The monoisotopic (exact) mass is 271 g/mol. The molecule has 6 nitrogen and oxygen atoms in total. The minimum atomic E-state index is 0.291. The molecule has 7 heteroatoms. The lowest BCUT2D eigenvalue weighted by atomic mass is 10.1. The van der Waals surface area contributed by atoms with Crippen molar-refractivity contribution in [2.45, 2.75) is 6.92 Å². The molecule has 0 aliphatic heterocycles. The Morgan fingerprint density at radius 2 is 2.11 bits per heavy atom. The van der Waals surface area contributed by atoms with Crippen molar-refractivity contribution in [2.24, 2.45) is 0 Å².